The van der Waals surface area contributed by atoms with Crippen LogP contribution in [0.3, 0.4) is 0 Å². The Bertz CT molecular complexity index is 437. The van der Waals surface area contributed by atoms with Crippen LogP contribution in [-0.4, -0.2) is 56.9 Å². The molecule has 1 fully saturated rings. The lowest BCUT2D eigenvalue weighted by molar-refractivity contribution is 0.0674. The van der Waals surface area contributed by atoms with Crippen molar-refractivity contribution in [1.82, 2.24) is 4.90 Å². The van der Waals surface area contributed by atoms with E-state index in [0.29, 0.717) is 5.96 Å². The number of nitrogens with zero attached hydrogens (tertiary/aromatic N) is 2. The second-order valence-electron chi connectivity index (χ2n) is 5.39. The number of guanidine groups is 1. The van der Waals surface area contributed by atoms with E-state index in [2.05, 4.69) is 34.2 Å². The molecule has 1 aliphatic rings. The van der Waals surface area contributed by atoms with E-state index in [1.807, 2.05) is 6.07 Å². The lowest BCUT2D eigenvalue weighted by Crippen LogP contribution is -2.44. The van der Waals surface area contributed by atoms with Crippen molar-refractivity contribution in [1.29, 1.82) is 0 Å². The zero-order chi connectivity index (χ0) is 15.5. The highest BCUT2D eigenvalue weighted by molar-refractivity contribution is 14.0. The number of hydrogen-bond acceptors (Lipinski definition) is 3. The third kappa shape index (κ3) is 8.53. The Hall–Kier alpha value is -0.860. The zero-order valence-electron chi connectivity index (χ0n) is 13.7. The molecular weight excluding hydrogens is 405 g/mol. The van der Waals surface area contributed by atoms with Crippen LogP contribution in [0.15, 0.2) is 35.3 Å². The normalized spacial score (nSPS) is 15.3. The Morgan fingerprint density at radius 1 is 1.13 bits per heavy atom. The van der Waals surface area contributed by atoms with Crippen LogP contribution in [0.2, 0.25) is 0 Å². The molecule has 1 aromatic carbocycles. The number of benzene rings is 1. The van der Waals surface area contributed by atoms with Crippen LogP contribution in [0.25, 0.3) is 0 Å². The number of nitrogens with two attached hydrogens (primary N) is 1. The summed E-state index contributed by atoms with van der Waals surface area (Å²) in [6.07, 6.45) is 3.01. The SMILES string of the molecule is I.NC(=NCCCCOCCc1ccccc1)N1CCOCC1. The van der Waals surface area contributed by atoms with E-state index in [1.54, 1.807) is 0 Å². The molecule has 0 aromatic heterocycles. The molecule has 0 atom stereocenters. The topological polar surface area (TPSA) is 60.1 Å². The number of ether oxygens (including phenoxy) is 2. The molecular formula is C17H28IN3O2. The minimum atomic E-state index is 0. The summed E-state index contributed by atoms with van der Waals surface area (Å²) in [4.78, 5) is 6.51. The monoisotopic (exact) mass is 433 g/mol. The first-order valence-electron chi connectivity index (χ1n) is 8.10. The number of rotatable bonds is 8. The first-order valence-corrected chi connectivity index (χ1v) is 8.10. The van der Waals surface area contributed by atoms with Crippen molar-refractivity contribution in [3.05, 3.63) is 35.9 Å². The molecule has 130 valence electrons. The van der Waals surface area contributed by atoms with Crippen LogP contribution in [0, 0.1) is 0 Å². The highest BCUT2D eigenvalue weighted by Gasteiger charge is 2.11. The van der Waals surface area contributed by atoms with Crippen LogP contribution >= 0.6 is 24.0 Å². The summed E-state index contributed by atoms with van der Waals surface area (Å²) >= 11 is 0. The quantitative estimate of drug-likeness (QED) is 0.296. The lowest BCUT2D eigenvalue weighted by atomic mass is 10.2. The van der Waals surface area contributed by atoms with Gasteiger partial charge in [0, 0.05) is 26.2 Å². The summed E-state index contributed by atoms with van der Waals surface area (Å²) in [5.74, 6) is 0.647. The third-order valence-corrected chi connectivity index (χ3v) is 3.68. The van der Waals surface area contributed by atoms with Crippen LogP contribution in [-0.2, 0) is 15.9 Å². The molecule has 2 rings (SSSR count). The Morgan fingerprint density at radius 2 is 1.87 bits per heavy atom. The van der Waals surface area contributed by atoms with E-state index < -0.39 is 0 Å². The van der Waals surface area contributed by atoms with Crippen molar-refractivity contribution in [3.8, 4) is 0 Å². The van der Waals surface area contributed by atoms with Crippen LogP contribution in [0.4, 0.5) is 0 Å². The fraction of sp³-hybridized carbons (Fsp3) is 0.588. The van der Waals surface area contributed by atoms with Crippen molar-refractivity contribution in [2.45, 2.75) is 19.3 Å². The maximum absolute atomic E-state index is 5.96. The minimum absolute atomic E-state index is 0. The number of hydrogen-bond donors (Lipinski definition) is 1. The van der Waals surface area contributed by atoms with E-state index in [1.165, 1.54) is 5.56 Å². The van der Waals surface area contributed by atoms with Gasteiger partial charge >= 0.3 is 0 Å². The second-order valence-corrected chi connectivity index (χ2v) is 5.39. The number of halogens is 1. The Morgan fingerprint density at radius 3 is 2.61 bits per heavy atom. The highest BCUT2D eigenvalue weighted by Crippen LogP contribution is 2.01. The molecule has 23 heavy (non-hydrogen) atoms. The van der Waals surface area contributed by atoms with Gasteiger partial charge in [0.15, 0.2) is 5.96 Å². The van der Waals surface area contributed by atoms with Gasteiger partial charge in [-0.05, 0) is 24.8 Å². The molecule has 0 amide bonds. The summed E-state index contributed by atoms with van der Waals surface area (Å²) < 4.78 is 10.9. The molecule has 0 saturated carbocycles. The van der Waals surface area contributed by atoms with E-state index in [-0.39, 0.29) is 24.0 Å². The van der Waals surface area contributed by atoms with Gasteiger partial charge in [-0.25, -0.2) is 0 Å². The molecule has 0 aliphatic carbocycles. The summed E-state index contributed by atoms with van der Waals surface area (Å²) in [6.45, 7) is 5.51. The van der Waals surface area contributed by atoms with Crippen molar-refractivity contribution in [2.24, 2.45) is 10.7 Å². The molecule has 5 nitrogen and oxygen atoms in total. The number of morpholine rings is 1. The predicted molar refractivity (Wildman–Crippen MR) is 104 cm³/mol. The van der Waals surface area contributed by atoms with Crippen LogP contribution < -0.4 is 5.73 Å². The van der Waals surface area contributed by atoms with E-state index in [0.717, 1.165) is 65.3 Å². The van der Waals surface area contributed by atoms with E-state index in [4.69, 9.17) is 15.2 Å². The van der Waals surface area contributed by atoms with Gasteiger partial charge in [0.1, 0.15) is 0 Å². The summed E-state index contributed by atoms with van der Waals surface area (Å²) in [5.41, 5.74) is 7.29. The van der Waals surface area contributed by atoms with Crippen molar-refractivity contribution < 1.29 is 9.47 Å². The maximum atomic E-state index is 5.96. The fourth-order valence-corrected chi connectivity index (χ4v) is 2.34. The van der Waals surface area contributed by atoms with Crippen molar-refractivity contribution in [2.75, 3.05) is 46.1 Å². The standard InChI is InChI=1S/C17H27N3O2.HI/c18-17(20-10-14-22-15-11-20)19-9-4-5-12-21-13-8-16-6-2-1-3-7-16;/h1-3,6-7H,4-5,8-15H2,(H2,18,19);1H. The fourth-order valence-electron chi connectivity index (χ4n) is 2.34. The van der Waals surface area contributed by atoms with Gasteiger partial charge in [-0.2, -0.15) is 0 Å². The number of unbranched alkanes of at least 4 members (excludes halogenated alkanes) is 1. The Balaban J connectivity index is 0.00000264. The maximum Gasteiger partial charge on any atom is 0.191 e. The molecule has 1 heterocycles. The molecule has 0 spiro atoms. The molecule has 2 N–H and O–H groups in total. The average Bonchev–Trinajstić information content (AvgIpc) is 2.59. The van der Waals surface area contributed by atoms with E-state index >= 15 is 0 Å². The largest absolute Gasteiger partial charge is 0.381 e. The molecule has 0 unspecified atom stereocenters. The van der Waals surface area contributed by atoms with Gasteiger partial charge in [-0.3, -0.25) is 4.99 Å². The average molecular weight is 433 g/mol. The van der Waals surface area contributed by atoms with Crippen molar-refractivity contribution in [3.63, 3.8) is 0 Å². The second kappa shape index (κ2) is 12.5. The van der Waals surface area contributed by atoms with Gasteiger partial charge in [-0.15, -0.1) is 24.0 Å². The zero-order valence-corrected chi connectivity index (χ0v) is 16.0. The van der Waals surface area contributed by atoms with Crippen LogP contribution in [0.5, 0.6) is 0 Å². The number of aliphatic imine (C=N–C) groups is 1. The lowest BCUT2D eigenvalue weighted by Gasteiger charge is -2.27. The summed E-state index contributed by atoms with van der Waals surface area (Å²) in [7, 11) is 0. The van der Waals surface area contributed by atoms with Gasteiger partial charge in [0.25, 0.3) is 0 Å². The smallest absolute Gasteiger partial charge is 0.191 e. The molecule has 0 radical (unpaired) electrons. The Labute approximate surface area is 156 Å². The highest BCUT2D eigenvalue weighted by atomic mass is 127. The predicted octanol–water partition coefficient (Wildman–Crippen LogP) is 2.29. The van der Waals surface area contributed by atoms with Gasteiger partial charge in [0.2, 0.25) is 0 Å². The van der Waals surface area contributed by atoms with Crippen molar-refractivity contribution >= 4 is 29.9 Å². The third-order valence-electron chi connectivity index (χ3n) is 3.68. The first-order chi connectivity index (χ1) is 10.9. The minimum Gasteiger partial charge on any atom is -0.381 e. The molecule has 1 aromatic rings. The molecule has 0 bridgehead atoms. The molecule has 1 aliphatic heterocycles. The van der Waals surface area contributed by atoms with Crippen LogP contribution in [0.1, 0.15) is 18.4 Å². The van der Waals surface area contributed by atoms with E-state index in [9.17, 15) is 0 Å². The van der Waals surface area contributed by atoms with Gasteiger partial charge in [0.05, 0.1) is 19.8 Å². The molecule has 6 heteroatoms. The van der Waals surface area contributed by atoms with Gasteiger partial charge < -0.3 is 20.1 Å². The first kappa shape index (κ1) is 20.2. The van der Waals surface area contributed by atoms with Gasteiger partial charge in [-0.1, -0.05) is 30.3 Å². The Kier molecular flexibility index (Phi) is 11.0. The molecule has 1 saturated heterocycles. The summed E-state index contributed by atoms with van der Waals surface area (Å²) in [6, 6.07) is 10.4. The summed E-state index contributed by atoms with van der Waals surface area (Å²) in [5, 5.41) is 0.